The van der Waals surface area contributed by atoms with Crippen molar-refractivity contribution < 1.29 is 4.74 Å². The van der Waals surface area contributed by atoms with Gasteiger partial charge in [0.05, 0.1) is 12.8 Å². The first-order valence-corrected chi connectivity index (χ1v) is 6.63. The third kappa shape index (κ3) is 2.63. The molecule has 2 rings (SSSR count). The average molecular weight is 274 g/mol. The minimum absolute atomic E-state index is 0.801. The number of rotatable bonds is 5. The van der Waals surface area contributed by atoms with Gasteiger partial charge in [-0.05, 0) is 38.2 Å². The molecule has 0 saturated heterocycles. The summed E-state index contributed by atoms with van der Waals surface area (Å²) < 4.78 is 7.12. The van der Waals surface area contributed by atoms with E-state index in [9.17, 15) is 0 Å². The van der Waals surface area contributed by atoms with Crippen LogP contribution in [0.2, 0.25) is 0 Å². The quantitative estimate of drug-likeness (QED) is 0.908. The molecule has 108 valence electrons. The molecular weight excluding hydrogens is 252 g/mol. The largest absolute Gasteiger partial charge is 0.497 e. The molecule has 1 aromatic carbocycles. The van der Waals surface area contributed by atoms with Crippen molar-refractivity contribution in [1.82, 2.24) is 15.1 Å². The average Bonchev–Trinajstić information content (AvgIpc) is 2.73. The number of nitrogens with one attached hydrogen (secondary N) is 1. The summed E-state index contributed by atoms with van der Waals surface area (Å²) in [4.78, 5) is 2.14. The van der Waals surface area contributed by atoms with E-state index in [0.717, 1.165) is 29.5 Å². The molecule has 0 atom stereocenters. The molecule has 0 saturated carbocycles. The Bertz CT molecular complexity index is 574. The van der Waals surface area contributed by atoms with Gasteiger partial charge in [0.2, 0.25) is 0 Å². The van der Waals surface area contributed by atoms with Crippen LogP contribution >= 0.6 is 0 Å². The predicted molar refractivity (Wildman–Crippen MR) is 81.8 cm³/mol. The Morgan fingerprint density at radius 1 is 1.30 bits per heavy atom. The van der Waals surface area contributed by atoms with E-state index in [1.807, 2.05) is 50.0 Å². The molecule has 1 aromatic heterocycles. The van der Waals surface area contributed by atoms with E-state index in [1.165, 1.54) is 5.56 Å². The maximum absolute atomic E-state index is 5.20. The van der Waals surface area contributed by atoms with Crippen LogP contribution < -0.4 is 15.0 Å². The lowest BCUT2D eigenvalue weighted by molar-refractivity contribution is 0.415. The second-order valence-electron chi connectivity index (χ2n) is 4.80. The Morgan fingerprint density at radius 2 is 1.95 bits per heavy atom. The Labute approximate surface area is 120 Å². The first kappa shape index (κ1) is 14.4. The molecule has 5 heteroatoms. The molecule has 5 nitrogen and oxygen atoms in total. The van der Waals surface area contributed by atoms with Gasteiger partial charge in [-0.2, -0.15) is 5.10 Å². The summed E-state index contributed by atoms with van der Waals surface area (Å²) in [5.74, 6) is 1.96. The van der Waals surface area contributed by atoms with E-state index in [4.69, 9.17) is 4.74 Å². The number of anilines is 2. The molecular formula is C15H22N4O. The van der Waals surface area contributed by atoms with E-state index in [0.29, 0.717) is 0 Å². The van der Waals surface area contributed by atoms with Crippen molar-refractivity contribution in [1.29, 1.82) is 0 Å². The van der Waals surface area contributed by atoms with Crippen LogP contribution in [0, 0.1) is 6.92 Å². The zero-order valence-corrected chi connectivity index (χ0v) is 12.8. The first-order chi connectivity index (χ1) is 9.58. The van der Waals surface area contributed by atoms with Crippen molar-refractivity contribution in [3.05, 3.63) is 35.5 Å². The molecule has 0 aliphatic carbocycles. The van der Waals surface area contributed by atoms with Gasteiger partial charge in [-0.25, -0.2) is 0 Å². The highest BCUT2D eigenvalue weighted by atomic mass is 16.5. The molecule has 0 radical (unpaired) electrons. The minimum Gasteiger partial charge on any atom is -0.497 e. The van der Waals surface area contributed by atoms with Crippen LogP contribution in [0.1, 0.15) is 11.3 Å². The fourth-order valence-corrected chi connectivity index (χ4v) is 2.42. The normalized spacial score (nSPS) is 10.7. The highest BCUT2D eigenvalue weighted by molar-refractivity contribution is 5.64. The maximum Gasteiger partial charge on any atom is 0.135 e. The summed E-state index contributed by atoms with van der Waals surface area (Å²) in [6, 6.07) is 8.02. The van der Waals surface area contributed by atoms with Crippen LogP contribution in [0.4, 0.5) is 11.5 Å². The fourth-order valence-electron chi connectivity index (χ4n) is 2.42. The van der Waals surface area contributed by atoms with E-state index < -0.39 is 0 Å². The van der Waals surface area contributed by atoms with E-state index >= 15 is 0 Å². The predicted octanol–water partition coefficient (Wildman–Crippen LogP) is 2.22. The Kier molecular flexibility index (Phi) is 4.29. The van der Waals surface area contributed by atoms with Crippen LogP contribution in [0.3, 0.4) is 0 Å². The van der Waals surface area contributed by atoms with Gasteiger partial charge in [-0.15, -0.1) is 0 Å². The van der Waals surface area contributed by atoms with E-state index in [1.54, 1.807) is 7.11 Å². The topological polar surface area (TPSA) is 42.3 Å². The number of benzene rings is 1. The fraction of sp³-hybridized carbons (Fsp3) is 0.400. The van der Waals surface area contributed by atoms with E-state index in [2.05, 4.69) is 22.4 Å². The van der Waals surface area contributed by atoms with Gasteiger partial charge in [-0.3, -0.25) is 4.68 Å². The Hall–Kier alpha value is -2.01. The lowest BCUT2D eigenvalue weighted by atomic mass is 10.2. The molecule has 0 aliphatic heterocycles. The summed E-state index contributed by atoms with van der Waals surface area (Å²) in [7, 11) is 7.65. The van der Waals surface area contributed by atoms with E-state index in [-0.39, 0.29) is 0 Å². The van der Waals surface area contributed by atoms with Crippen LogP contribution in [0.15, 0.2) is 24.3 Å². The second kappa shape index (κ2) is 5.96. The van der Waals surface area contributed by atoms with Gasteiger partial charge < -0.3 is 15.0 Å². The second-order valence-corrected chi connectivity index (χ2v) is 4.80. The third-order valence-corrected chi connectivity index (χ3v) is 3.44. The van der Waals surface area contributed by atoms with Crippen LogP contribution in [0.5, 0.6) is 5.75 Å². The van der Waals surface area contributed by atoms with Crippen molar-refractivity contribution in [2.24, 2.45) is 7.05 Å². The SMILES string of the molecule is CNCc1c(C)nn(C)c1N(C)c1ccc(OC)cc1. The molecule has 2 aromatic rings. The van der Waals surface area contributed by atoms with Crippen LogP contribution in [-0.4, -0.2) is 31.0 Å². The van der Waals surface area contributed by atoms with Gasteiger partial charge in [0.15, 0.2) is 0 Å². The molecule has 0 aliphatic rings. The summed E-state index contributed by atoms with van der Waals surface area (Å²) >= 11 is 0. The van der Waals surface area contributed by atoms with Crippen molar-refractivity contribution >= 4 is 11.5 Å². The van der Waals surface area contributed by atoms with Crippen LogP contribution in [0.25, 0.3) is 0 Å². The number of nitrogens with zero attached hydrogens (tertiary/aromatic N) is 3. The summed E-state index contributed by atoms with van der Waals surface area (Å²) in [6.45, 7) is 2.84. The third-order valence-electron chi connectivity index (χ3n) is 3.44. The van der Waals surface area contributed by atoms with Gasteiger partial charge >= 0.3 is 0 Å². The highest BCUT2D eigenvalue weighted by Crippen LogP contribution is 2.29. The molecule has 0 spiro atoms. The van der Waals surface area contributed by atoms with Gasteiger partial charge in [0, 0.05) is 31.9 Å². The smallest absolute Gasteiger partial charge is 0.135 e. The highest BCUT2D eigenvalue weighted by Gasteiger charge is 2.17. The number of ether oxygens (including phenoxy) is 1. The molecule has 0 unspecified atom stereocenters. The van der Waals surface area contributed by atoms with Crippen LogP contribution in [-0.2, 0) is 13.6 Å². The molecule has 20 heavy (non-hydrogen) atoms. The molecule has 0 amide bonds. The molecule has 1 heterocycles. The summed E-state index contributed by atoms with van der Waals surface area (Å²) in [5, 5.41) is 7.72. The van der Waals surface area contributed by atoms with Gasteiger partial charge in [0.1, 0.15) is 11.6 Å². The van der Waals surface area contributed by atoms with Gasteiger partial charge in [0.25, 0.3) is 0 Å². The summed E-state index contributed by atoms with van der Waals surface area (Å²) in [5.41, 5.74) is 3.37. The number of hydrogen-bond acceptors (Lipinski definition) is 4. The van der Waals surface area contributed by atoms with Crippen molar-refractivity contribution in [3.63, 3.8) is 0 Å². The number of methoxy groups -OCH3 is 1. The monoisotopic (exact) mass is 274 g/mol. The zero-order valence-electron chi connectivity index (χ0n) is 12.8. The maximum atomic E-state index is 5.20. The molecule has 0 fully saturated rings. The van der Waals surface area contributed by atoms with Gasteiger partial charge in [-0.1, -0.05) is 0 Å². The molecule has 0 bridgehead atoms. The zero-order chi connectivity index (χ0) is 14.7. The minimum atomic E-state index is 0.801. The number of aryl methyl sites for hydroxylation is 2. The van der Waals surface area contributed by atoms with Crippen molar-refractivity contribution in [3.8, 4) is 5.75 Å². The number of aromatic nitrogens is 2. The lowest BCUT2D eigenvalue weighted by Crippen LogP contribution is -2.17. The first-order valence-electron chi connectivity index (χ1n) is 6.63. The summed E-state index contributed by atoms with van der Waals surface area (Å²) in [6.07, 6.45) is 0. The lowest BCUT2D eigenvalue weighted by Gasteiger charge is -2.21. The number of hydrogen-bond donors (Lipinski definition) is 1. The Balaban J connectivity index is 2.38. The van der Waals surface area contributed by atoms with Crippen molar-refractivity contribution in [2.45, 2.75) is 13.5 Å². The van der Waals surface area contributed by atoms with Crippen molar-refractivity contribution in [2.75, 3.05) is 26.1 Å². The molecule has 1 N–H and O–H groups in total. The Morgan fingerprint density at radius 3 is 2.50 bits per heavy atom. The standard InChI is InChI=1S/C15H22N4O/c1-11-14(10-16-2)15(19(4)17-11)18(3)12-6-8-13(20-5)9-7-12/h6-9,16H,10H2,1-5H3.